The number of para-hydroxylation sites is 1. The van der Waals surface area contributed by atoms with E-state index in [-0.39, 0.29) is 9.74 Å². The predicted molar refractivity (Wildman–Crippen MR) is 112 cm³/mol. The van der Waals surface area contributed by atoms with Crippen LogP contribution >= 0.6 is 36.6 Å². The number of fused-ring (bicyclic) bond motifs is 1. The minimum atomic E-state index is -0.106. The molecular weight excluding hydrogens is 352 g/mol. The van der Waals surface area contributed by atoms with Gasteiger partial charge in [-0.05, 0) is 37.8 Å². The van der Waals surface area contributed by atoms with Crippen molar-refractivity contribution in [2.24, 2.45) is 0 Å². The SMILES string of the molecule is SC1(N(c2nc3ccccc3s2)C2(S)CCCCC2)CCCCC1. The molecule has 5 heteroatoms. The van der Waals surface area contributed by atoms with Crippen LogP contribution in [-0.4, -0.2) is 14.7 Å². The second kappa shape index (κ2) is 6.73. The van der Waals surface area contributed by atoms with Crippen molar-refractivity contribution in [1.29, 1.82) is 0 Å². The molecule has 2 aromatic rings. The Morgan fingerprint density at radius 2 is 1.38 bits per heavy atom. The van der Waals surface area contributed by atoms with Crippen molar-refractivity contribution in [2.75, 3.05) is 4.90 Å². The zero-order valence-electron chi connectivity index (χ0n) is 14.1. The molecule has 2 fully saturated rings. The van der Waals surface area contributed by atoms with Crippen molar-refractivity contribution in [3.8, 4) is 0 Å². The summed E-state index contributed by atoms with van der Waals surface area (Å²) in [4.78, 5) is 7.31. The molecule has 0 atom stereocenters. The minimum Gasteiger partial charge on any atom is -0.319 e. The Balaban J connectivity index is 1.79. The number of hydrogen-bond donors (Lipinski definition) is 2. The number of benzene rings is 1. The molecule has 1 aromatic heterocycles. The topological polar surface area (TPSA) is 16.1 Å². The minimum absolute atomic E-state index is 0.106. The van der Waals surface area contributed by atoms with Gasteiger partial charge in [0.05, 0.1) is 20.0 Å². The highest BCUT2D eigenvalue weighted by Gasteiger charge is 2.47. The number of thiazole rings is 1. The Morgan fingerprint density at radius 1 is 0.833 bits per heavy atom. The maximum atomic E-state index is 5.25. The summed E-state index contributed by atoms with van der Waals surface area (Å²) in [5.74, 6) is 0. The Hall–Kier alpha value is -0.390. The first kappa shape index (κ1) is 17.0. The summed E-state index contributed by atoms with van der Waals surface area (Å²) < 4.78 is 1.26. The molecule has 0 spiro atoms. The summed E-state index contributed by atoms with van der Waals surface area (Å²) in [6, 6.07) is 8.46. The molecule has 1 aromatic carbocycles. The molecule has 0 unspecified atom stereocenters. The number of aromatic nitrogens is 1. The fraction of sp³-hybridized carbons (Fsp3) is 0.632. The monoisotopic (exact) mass is 378 g/mol. The van der Waals surface area contributed by atoms with Crippen LogP contribution in [0, 0.1) is 0 Å². The van der Waals surface area contributed by atoms with E-state index in [0.29, 0.717) is 0 Å². The van der Waals surface area contributed by atoms with Gasteiger partial charge in [-0.2, -0.15) is 25.3 Å². The fourth-order valence-electron chi connectivity index (χ4n) is 4.38. The third-order valence-corrected chi connectivity index (χ3v) is 7.93. The van der Waals surface area contributed by atoms with E-state index < -0.39 is 0 Å². The zero-order chi connectivity index (χ0) is 16.6. The number of rotatable bonds is 3. The number of thiol groups is 2. The van der Waals surface area contributed by atoms with E-state index in [0.717, 1.165) is 36.3 Å². The predicted octanol–water partition coefficient (Wildman–Crippen LogP) is 6.28. The molecule has 130 valence electrons. The Kier molecular flexibility index (Phi) is 4.78. The lowest BCUT2D eigenvalue weighted by Crippen LogP contribution is -2.57. The van der Waals surface area contributed by atoms with Gasteiger partial charge in [0.25, 0.3) is 0 Å². The van der Waals surface area contributed by atoms with E-state index in [1.807, 2.05) is 0 Å². The third-order valence-electron chi connectivity index (χ3n) is 5.61. The first-order valence-corrected chi connectivity index (χ1v) is 10.9. The van der Waals surface area contributed by atoms with Crippen molar-refractivity contribution in [2.45, 2.75) is 74.0 Å². The Labute approximate surface area is 159 Å². The van der Waals surface area contributed by atoms with Crippen molar-refractivity contribution in [1.82, 2.24) is 4.98 Å². The van der Waals surface area contributed by atoms with E-state index in [1.54, 1.807) is 11.3 Å². The van der Waals surface area contributed by atoms with Crippen LogP contribution in [0.5, 0.6) is 0 Å². The van der Waals surface area contributed by atoms with Crippen molar-refractivity contribution < 1.29 is 0 Å². The molecule has 0 aliphatic heterocycles. The smallest absolute Gasteiger partial charge is 0.188 e. The van der Waals surface area contributed by atoms with Crippen LogP contribution in [0.2, 0.25) is 0 Å². The van der Waals surface area contributed by atoms with Crippen LogP contribution in [0.25, 0.3) is 10.2 Å². The van der Waals surface area contributed by atoms with Gasteiger partial charge in [-0.1, -0.05) is 62.0 Å². The summed E-state index contributed by atoms with van der Waals surface area (Å²) in [7, 11) is 0. The quantitative estimate of drug-likeness (QED) is 0.483. The molecule has 1 heterocycles. The van der Waals surface area contributed by atoms with E-state index in [9.17, 15) is 0 Å². The van der Waals surface area contributed by atoms with Crippen LogP contribution in [0.3, 0.4) is 0 Å². The average Bonchev–Trinajstić information content (AvgIpc) is 2.98. The van der Waals surface area contributed by atoms with Gasteiger partial charge in [0.15, 0.2) is 5.13 Å². The highest BCUT2D eigenvalue weighted by Crippen LogP contribution is 2.50. The van der Waals surface area contributed by atoms with Crippen LogP contribution in [0.15, 0.2) is 24.3 Å². The van der Waals surface area contributed by atoms with Gasteiger partial charge in [-0.15, -0.1) is 0 Å². The largest absolute Gasteiger partial charge is 0.319 e. The lowest BCUT2D eigenvalue weighted by molar-refractivity contribution is 0.299. The molecule has 24 heavy (non-hydrogen) atoms. The van der Waals surface area contributed by atoms with Crippen LogP contribution in [0.1, 0.15) is 64.2 Å². The van der Waals surface area contributed by atoms with Gasteiger partial charge in [0, 0.05) is 0 Å². The molecule has 2 aliphatic rings. The normalized spacial score (nSPS) is 23.2. The van der Waals surface area contributed by atoms with E-state index in [1.165, 1.54) is 43.2 Å². The molecule has 2 saturated carbocycles. The van der Waals surface area contributed by atoms with Crippen molar-refractivity contribution in [3.05, 3.63) is 24.3 Å². The van der Waals surface area contributed by atoms with E-state index >= 15 is 0 Å². The first-order valence-electron chi connectivity index (χ1n) is 9.22. The zero-order valence-corrected chi connectivity index (χ0v) is 16.7. The van der Waals surface area contributed by atoms with Crippen LogP contribution in [-0.2, 0) is 0 Å². The van der Waals surface area contributed by atoms with Crippen molar-refractivity contribution in [3.63, 3.8) is 0 Å². The van der Waals surface area contributed by atoms with Crippen LogP contribution < -0.4 is 4.90 Å². The Morgan fingerprint density at radius 3 is 1.92 bits per heavy atom. The highest BCUT2D eigenvalue weighted by atomic mass is 32.1. The summed E-state index contributed by atoms with van der Waals surface area (Å²) >= 11 is 12.3. The summed E-state index contributed by atoms with van der Waals surface area (Å²) in [5, 5.41) is 1.12. The number of nitrogens with zero attached hydrogens (tertiary/aromatic N) is 2. The second-order valence-electron chi connectivity index (χ2n) is 7.39. The Bertz CT molecular complexity index is 642. The van der Waals surface area contributed by atoms with Gasteiger partial charge in [0.2, 0.25) is 0 Å². The standard InChI is InChI=1S/C19H26N2S3/c22-18(11-5-1-6-12-18)21(19(23)13-7-2-8-14-19)17-20-15-9-3-4-10-16(15)24-17/h3-4,9-10,22-23H,1-2,5-8,11-14H2. The molecule has 0 bridgehead atoms. The van der Waals surface area contributed by atoms with E-state index in [4.69, 9.17) is 30.2 Å². The molecule has 0 amide bonds. The lowest BCUT2D eigenvalue weighted by Gasteiger charge is -2.53. The number of anilines is 1. The molecule has 0 saturated heterocycles. The summed E-state index contributed by atoms with van der Waals surface area (Å²) in [6.45, 7) is 0. The van der Waals surface area contributed by atoms with Crippen molar-refractivity contribution >= 4 is 51.9 Å². The highest BCUT2D eigenvalue weighted by molar-refractivity contribution is 7.83. The third kappa shape index (κ3) is 3.08. The molecular formula is C19H26N2S3. The second-order valence-corrected chi connectivity index (χ2v) is 10.1. The first-order chi connectivity index (χ1) is 11.6. The molecule has 0 radical (unpaired) electrons. The summed E-state index contributed by atoms with van der Waals surface area (Å²) in [6.07, 6.45) is 12.2. The van der Waals surface area contributed by atoms with Gasteiger partial charge >= 0.3 is 0 Å². The molecule has 2 nitrogen and oxygen atoms in total. The maximum Gasteiger partial charge on any atom is 0.188 e. The van der Waals surface area contributed by atoms with Crippen LogP contribution in [0.4, 0.5) is 5.13 Å². The summed E-state index contributed by atoms with van der Waals surface area (Å²) in [5.41, 5.74) is 1.10. The van der Waals surface area contributed by atoms with E-state index in [2.05, 4.69) is 29.2 Å². The maximum absolute atomic E-state index is 5.25. The van der Waals surface area contributed by atoms with Gasteiger partial charge in [-0.25, -0.2) is 4.98 Å². The molecule has 4 rings (SSSR count). The number of hydrogen-bond acceptors (Lipinski definition) is 5. The van der Waals surface area contributed by atoms with Gasteiger partial charge < -0.3 is 4.90 Å². The fourth-order valence-corrected chi connectivity index (χ4v) is 6.95. The lowest BCUT2D eigenvalue weighted by atomic mass is 9.88. The van der Waals surface area contributed by atoms with Gasteiger partial charge in [0.1, 0.15) is 0 Å². The molecule has 0 N–H and O–H groups in total. The molecule has 2 aliphatic carbocycles. The van der Waals surface area contributed by atoms with Gasteiger partial charge in [-0.3, -0.25) is 0 Å². The average molecular weight is 379 g/mol.